The van der Waals surface area contributed by atoms with Crippen LogP contribution in [0.4, 0.5) is 0 Å². The number of aryl methyl sites for hydroxylation is 2. The van der Waals surface area contributed by atoms with E-state index < -0.39 is 0 Å². The number of benzene rings is 4. The molecule has 0 radical (unpaired) electrons. The second kappa shape index (κ2) is 16.4. The third-order valence-electron chi connectivity index (χ3n) is 8.56. The molecule has 4 rings (SSSR count). The van der Waals surface area contributed by atoms with Crippen LogP contribution in [0, 0.1) is 0 Å². The highest BCUT2D eigenvalue weighted by Crippen LogP contribution is 2.34. The molecule has 0 saturated heterocycles. The zero-order valence-corrected chi connectivity index (χ0v) is 28.0. The molecular formula is C41H54O2. The molecule has 0 amide bonds. The maximum atomic E-state index is 5.75. The average molecular weight is 579 g/mol. The van der Waals surface area contributed by atoms with E-state index >= 15 is 0 Å². The largest absolute Gasteiger partial charge is 0.494 e. The standard InChI is InChI=1S/C21H28O.C20H26O/c1-5-7-16-22-20-14-12-19(13-15-20)21(3,4)18-10-8-17(6-2)9-11-18;1-5-15-21-19-13-11-18(12-14-19)20(3,4)17-9-7-16(6-2)8-10-17/h8-15H,5-7,16H2,1-4H3;7-14H,5-6,15H2,1-4H3. The Bertz CT molecular complexity index is 1330. The summed E-state index contributed by atoms with van der Waals surface area (Å²) in [5.41, 5.74) is 8.13. The number of unbranched alkanes of at least 4 members (excludes halogenated alkanes) is 1. The van der Waals surface area contributed by atoms with Crippen LogP contribution in [0.15, 0.2) is 97.1 Å². The molecule has 4 aromatic carbocycles. The van der Waals surface area contributed by atoms with Gasteiger partial charge in [0, 0.05) is 10.8 Å². The molecule has 0 aliphatic heterocycles. The minimum atomic E-state index is 0.00815. The molecule has 230 valence electrons. The van der Waals surface area contributed by atoms with Crippen molar-refractivity contribution in [3.63, 3.8) is 0 Å². The first-order chi connectivity index (χ1) is 20.6. The molecule has 0 atom stereocenters. The summed E-state index contributed by atoms with van der Waals surface area (Å²) < 4.78 is 11.4. The van der Waals surface area contributed by atoms with E-state index in [1.54, 1.807) is 0 Å². The normalized spacial score (nSPS) is 11.4. The lowest BCUT2D eigenvalue weighted by Crippen LogP contribution is -2.18. The molecule has 2 nitrogen and oxygen atoms in total. The molecule has 0 aliphatic carbocycles. The van der Waals surface area contributed by atoms with Gasteiger partial charge in [-0.2, -0.15) is 0 Å². The molecule has 0 heterocycles. The Morgan fingerprint density at radius 3 is 1.05 bits per heavy atom. The lowest BCUT2D eigenvalue weighted by Gasteiger charge is -2.26. The summed E-state index contributed by atoms with van der Waals surface area (Å²) in [6, 6.07) is 35.0. The highest BCUT2D eigenvalue weighted by Gasteiger charge is 2.24. The second-order valence-corrected chi connectivity index (χ2v) is 12.5. The molecule has 0 fully saturated rings. The molecule has 0 aliphatic rings. The molecule has 43 heavy (non-hydrogen) atoms. The SMILES string of the molecule is CCCCOc1ccc(C(C)(C)c2ccc(CC)cc2)cc1.CCCOc1ccc(C(C)(C)c2ccc(CC)cc2)cc1. The Hall–Kier alpha value is -3.52. The lowest BCUT2D eigenvalue weighted by atomic mass is 9.78. The van der Waals surface area contributed by atoms with E-state index in [2.05, 4.69) is 152 Å². The van der Waals surface area contributed by atoms with Gasteiger partial charge in [0.2, 0.25) is 0 Å². The van der Waals surface area contributed by atoms with Crippen molar-refractivity contribution in [1.29, 1.82) is 0 Å². The van der Waals surface area contributed by atoms with Gasteiger partial charge in [-0.1, -0.05) is 135 Å². The number of hydrogen-bond donors (Lipinski definition) is 0. The molecule has 0 N–H and O–H groups in total. The number of rotatable bonds is 13. The smallest absolute Gasteiger partial charge is 0.119 e. The van der Waals surface area contributed by atoms with Crippen molar-refractivity contribution >= 4 is 0 Å². The van der Waals surface area contributed by atoms with Gasteiger partial charge in [0.25, 0.3) is 0 Å². The molecule has 0 saturated carbocycles. The zero-order valence-electron chi connectivity index (χ0n) is 28.0. The van der Waals surface area contributed by atoms with Crippen molar-refractivity contribution in [2.75, 3.05) is 13.2 Å². The van der Waals surface area contributed by atoms with Gasteiger partial charge in [-0.25, -0.2) is 0 Å². The maximum Gasteiger partial charge on any atom is 0.119 e. The van der Waals surface area contributed by atoms with Crippen LogP contribution in [0.1, 0.15) is 108 Å². The van der Waals surface area contributed by atoms with Gasteiger partial charge in [-0.15, -0.1) is 0 Å². The summed E-state index contributed by atoms with van der Waals surface area (Å²) in [6.45, 7) is 19.4. The highest BCUT2D eigenvalue weighted by molar-refractivity contribution is 5.42. The predicted octanol–water partition coefficient (Wildman–Crippen LogP) is 11.1. The Balaban J connectivity index is 0.000000236. The van der Waals surface area contributed by atoms with Gasteiger partial charge >= 0.3 is 0 Å². The first-order valence-corrected chi connectivity index (χ1v) is 16.3. The van der Waals surface area contributed by atoms with Crippen LogP contribution in [0.3, 0.4) is 0 Å². The summed E-state index contributed by atoms with van der Waals surface area (Å²) in [6.07, 6.45) is 5.49. The van der Waals surface area contributed by atoms with E-state index in [0.717, 1.165) is 50.4 Å². The zero-order chi connectivity index (χ0) is 31.3. The van der Waals surface area contributed by atoms with Crippen molar-refractivity contribution in [2.24, 2.45) is 0 Å². The van der Waals surface area contributed by atoms with Gasteiger partial charge in [-0.05, 0) is 83.3 Å². The fourth-order valence-corrected chi connectivity index (χ4v) is 5.14. The monoisotopic (exact) mass is 578 g/mol. The topological polar surface area (TPSA) is 18.5 Å². The van der Waals surface area contributed by atoms with Crippen LogP contribution in [-0.4, -0.2) is 13.2 Å². The fourth-order valence-electron chi connectivity index (χ4n) is 5.14. The van der Waals surface area contributed by atoms with Crippen LogP contribution in [0.5, 0.6) is 11.5 Å². The first-order valence-electron chi connectivity index (χ1n) is 16.3. The Labute approximate surface area is 262 Å². The third-order valence-corrected chi connectivity index (χ3v) is 8.56. The molecular weight excluding hydrogens is 524 g/mol. The predicted molar refractivity (Wildman–Crippen MR) is 185 cm³/mol. The Kier molecular flexibility index (Phi) is 12.9. The van der Waals surface area contributed by atoms with Crippen LogP contribution >= 0.6 is 0 Å². The lowest BCUT2D eigenvalue weighted by molar-refractivity contribution is 0.309. The van der Waals surface area contributed by atoms with Crippen molar-refractivity contribution in [3.05, 3.63) is 130 Å². The van der Waals surface area contributed by atoms with E-state index in [-0.39, 0.29) is 10.8 Å². The molecule has 0 aromatic heterocycles. The van der Waals surface area contributed by atoms with Crippen LogP contribution < -0.4 is 9.47 Å². The van der Waals surface area contributed by atoms with E-state index in [1.165, 1.54) is 39.8 Å². The van der Waals surface area contributed by atoms with Crippen molar-refractivity contribution < 1.29 is 9.47 Å². The number of ether oxygens (including phenoxy) is 2. The van der Waals surface area contributed by atoms with Gasteiger partial charge in [0.05, 0.1) is 13.2 Å². The van der Waals surface area contributed by atoms with Crippen LogP contribution in [-0.2, 0) is 23.7 Å². The first kappa shape index (κ1) is 34.0. The maximum absolute atomic E-state index is 5.75. The van der Waals surface area contributed by atoms with Crippen LogP contribution in [0.25, 0.3) is 0 Å². The van der Waals surface area contributed by atoms with E-state index in [0.29, 0.717) is 0 Å². The van der Waals surface area contributed by atoms with Crippen molar-refractivity contribution in [3.8, 4) is 11.5 Å². The van der Waals surface area contributed by atoms with Crippen LogP contribution in [0.2, 0.25) is 0 Å². The average Bonchev–Trinajstić information content (AvgIpc) is 3.04. The Morgan fingerprint density at radius 1 is 0.419 bits per heavy atom. The molecule has 0 spiro atoms. The van der Waals surface area contributed by atoms with Gasteiger partial charge < -0.3 is 9.47 Å². The highest BCUT2D eigenvalue weighted by atomic mass is 16.5. The minimum absolute atomic E-state index is 0.00815. The summed E-state index contributed by atoms with van der Waals surface area (Å²) in [5.74, 6) is 1.92. The van der Waals surface area contributed by atoms with Gasteiger partial charge in [-0.3, -0.25) is 0 Å². The van der Waals surface area contributed by atoms with E-state index in [4.69, 9.17) is 9.47 Å². The number of hydrogen-bond acceptors (Lipinski definition) is 2. The molecule has 0 bridgehead atoms. The second-order valence-electron chi connectivity index (χ2n) is 12.5. The minimum Gasteiger partial charge on any atom is -0.494 e. The molecule has 0 unspecified atom stereocenters. The third kappa shape index (κ3) is 9.48. The summed E-state index contributed by atoms with van der Waals surface area (Å²) in [4.78, 5) is 0. The molecule has 2 heteroatoms. The van der Waals surface area contributed by atoms with Crippen molar-refractivity contribution in [1.82, 2.24) is 0 Å². The summed E-state index contributed by atoms with van der Waals surface area (Å²) in [5, 5.41) is 0. The van der Waals surface area contributed by atoms with E-state index in [9.17, 15) is 0 Å². The van der Waals surface area contributed by atoms with E-state index in [1.807, 2.05) is 0 Å². The summed E-state index contributed by atoms with van der Waals surface area (Å²) in [7, 11) is 0. The van der Waals surface area contributed by atoms with Gasteiger partial charge in [0.15, 0.2) is 0 Å². The molecule has 4 aromatic rings. The van der Waals surface area contributed by atoms with Gasteiger partial charge in [0.1, 0.15) is 11.5 Å². The summed E-state index contributed by atoms with van der Waals surface area (Å²) >= 11 is 0. The van der Waals surface area contributed by atoms with Crippen molar-refractivity contribution in [2.45, 2.75) is 98.3 Å². The fraction of sp³-hybridized carbons (Fsp3) is 0.415. The quantitative estimate of drug-likeness (QED) is 0.147. The Morgan fingerprint density at radius 2 is 0.744 bits per heavy atom.